The monoisotopic (exact) mass is 358 g/mol. The van der Waals surface area contributed by atoms with Crippen molar-refractivity contribution in [2.45, 2.75) is 24.7 Å². The molecule has 2 aromatic carbocycles. The van der Waals surface area contributed by atoms with Crippen molar-refractivity contribution in [2.75, 3.05) is 13.1 Å². The van der Waals surface area contributed by atoms with E-state index in [1.54, 1.807) is 41.2 Å². The molecule has 1 unspecified atom stereocenters. The molecule has 2 heterocycles. The first-order valence-corrected chi connectivity index (χ1v) is 8.60. The average molecular weight is 358 g/mol. The Morgan fingerprint density at radius 2 is 2.00 bits per heavy atom. The zero-order valence-electron chi connectivity index (χ0n) is 14.1. The van der Waals surface area contributed by atoms with Gasteiger partial charge in [0.15, 0.2) is 0 Å². The van der Waals surface area contributed by atoms with Crippen molar-refractivity contribution in [3.8, 4) is 5.69 Å². The summed E-state index contributed by atoms with van der Waals surface area (Å²) in [6.07, 6.45) is 1.58. The molecule has 1 aliphatic rings. The first kappa shape index (κ1) is 17.1. The normalized spacial score (nSPS) is 21.8. The van der Waals surface area contributed by atoms with E-state index in [9.17, 15) is 9.50 Å². The van der Waals surface area contributed by atoms with Crippen LogP contribution >= 0.6 is 0 Å². The molecular formula is C19H20F2N4O. The van der Waals surface area contributed by atoms with Crippen molar-refractivity contribution < 1.29 is 13.9 Å². The largest absolute Gasteiger partial charge is 0.374 e. The zero-order valence-corrected chi connectivity index (χ0v) is 14.1. The number of nitrogens with two attached hydrogens (primary N) is 1. The maximum Gasteiger partial charge on any atom is 0.148 e. The van der Waals surface area contributed by atoms with Crippen molar-refractivity contribution in [2.24, 2.45) is 5.73 Å². The summed E-state index contributed by atoms with van der Waals surface area (Å²) in [6.45, 7) is 1.16. The van der Waals surface area contributed by atoms with Crippen molar-refractivity contribution in [3.05, 3.63) is 59.5 Å². The Morgan fingerprint density at radius 3 is 2.65 bits per heavy atom. The summed E-state index contributed by atoms with van der Waals surface area (Å²) in [5, 5.41) is 17.7. The number of hydrogen-bond donors (Lipinski definition) is 3. The number of hydrogen-bond acceptors (Lipinski definition) is 4. The van der Waals surface area contributed by atoms with E-state index in [1.165, 1.54) is 6.07 Å². The van der Waals surface area contributed by atoms with E-state index in [4.69, 9.17) is 5.73 Å². The molecule has 7 heteroatoms. The third kappa shape index (κ3) is 2.88. The molecule has 26 heavy (non-hydrogen) atoms. The van der Waals surface area contributed by atoms with Gasteiger partial charge in [0.05, 0.1) is 11.3 Å². The van der Waals surface area contributed by atoms with E-state index in [2.05, 4.69) is 10.4 Å². The van der Waals surface area contributed by atoms with Crippen molar-refractivity contribution in [1.82, 2.24) is 15.1 Å². The fraction of sp³-hybridized carbons (Fsp3) is 0.316. The lowest BCUT2D eigenvalue weighted by Gasteiger charge is -2.30. The second kappa shape index (κ2) is 6.42. The molecule has 1 aliphatic heterocycles. The van der Waals surface area contributed by atoms with Crippen molar-refractivity contribution in [1.29, 1.82) is 0 Å². The quantitative estimate of drug-likeness (QED) is 0.629. The van der Waals surface area contributed by atoms with Gasteiger partial charge >= 0.3 is 0 Å². The molecule has 2 atom stereocenters. The summed E-state index contributed by atoms with van der Waals surface area (Å²) in [4.78, 5) is 0. The summed E-state index contributed by atoms with van der Waals surface area (Å²) in [7, 11) is 0. The molecule has 1 saturated heterocycles. The summed E-state index contributed by atoms with van der Waals surface area (Å²) in [6, 6.07) is 9.92. The van der Waals surface area contributed by atoms with Gasteiger partial charge < -0.3 is 16.2 Å². The summed E-state index contributed by atoms with van der Waals surface area (Å²) < 4.78 is 30.5. The number of aliphatic hydroxyl groups is 1. The highest BCUT2D eigenvalue weighted by atomic mass is 19.1. The topological polar surface area (TPSA) is 76.1 Å². The zero-order chi connectivity index (χ0) is 18.3. The van der Waals surface area contributed by atoms with Crippen LogP contribution in [-0.4, -0.2) is 28.0 Å². The lowest BCUT2D eigenvalue weighted by Crippen LogP contribution is -2.40. The highest BCUT2D eigenvalue weighted by Gasteiger charge is 2.33. The van der Waals surface area contributed by atoms with Crippen LogP contribution in [0.25, 0.3) is 16.6 Å². The molecular weight excluding hydrogens is 338 g/mol. The molecule has 0 aliphatic carbocycles. The molecule has 0 spiro atoms. The minimum Gasteiger partial charge on any atom is -0.374 e. The number of aromatic nitrogens is 2. The molecule has 0 bridgehead atoms. The predicted molar refractivity (Wildman–Crippen MR) is 95.1 cm³/mol. The average Bonchev–Trinajstić information content (AvgIpc) is 3.06. The number of fused-ring (bicyclic) bond motifs is 1. The number of aliphatic hydroxyl groups excluding tert-OH is 1. The van der Waals surface area contributed by atoms with E-state index in [0.29, 0.717) is 29.4 Å². The molecule has 0 amide bonds. The van der Waals surface area contributed by atoms with E-state index >= 15 is 4.39 Å². The third-order valence-electron chi connectivity index (χ3n) is 4.94. The Balaban J connectivity index is 1.71. The van der Waals surface area contributed by atoms with Crippen LogP contribution < -0.4 is 11.1 Å². The highest BCUT2D eigenvalue weighted by Crippen LogP contribution is 2.33. The molecule has 3 aromatic rings. The summed E-state index contributed by atoms with van der Waals surface area (Å²) >= 11 is 0. The smallest absolute Gasteiger partial charge is 0.148 e. The Morgan fingerprint density at radius 1 is 1.23 bits per heavy atom. The molecule has 5 nitrogen and oxygen atoms in total. The van der Waals surface area contributed by atoms with Crippen molar-refractivity contribution >= 4 is 10.9 Å². The van der Waals surface area contributed by atoms with Gasteiger partial charge in [-0.05, 0) is 49.2 Å². The van der Waals surface area contributed by atoms with Gasteiger partial charge in [0.25, 0.3) is 0 Å². The molecule has 1 aromatic heterocycles. The van der Waals surface area contributed by atoms with Gasteiger partial charge in [-0.2, -0.15) is 5.10 Å². The van der Waals surface area contributed by atoms with Crippen LogP contribution in [0.5, 0.6) is 0 Å². The first-order chi connectivity index (χ1) is 12.5. The fourth-order valence-corrected chi connectivity index (χ4v) is 3.53. The van der Waals surface area contributed by atoms with Crippen LogP contribution in [0, 0.1) is 5.82 Å². The fourth-order valence-electron chi connectivity index (χ4n) is 3.53. The third-order valence-corrected chi connectivity index (χ3v) is 4.94. The Bertz CT molecular complexity index is 931. The van der Waals surface area contributed by atoms with E-state index < -0.39 is 17.7 Å². The minimum absolute atomic E-state index is 0.0335. The maximum absolute atomic E-state index is 15.0. The lowest BCUT2D eigenvalue weighted by molar-refractivity contribution is 0.122. The number of alkyl halides is 1. The van der Waals surface area contributed by atoms with Crippen LogP contribution in [-0.2, 0) is 5.67 Å². The first-order valence-electron chi connectivity index (χ1n) is 8.60. The molecule has 0 saturated carbocycles. The molecule has 1 fully saturated rings. The molecule has 4 N–H and O–H groups in total. The number of nitrogens with one attached hydrogen (secondary N) is 1. The predicted octanol–water partition coefficient (Wildman–Crippen LogP) is 2.66. The van der Waals surface area contributed by atoms with Gasteiger partial charge in [0, 0.05) is 18.1 Å². The van der Waals surface area contributed by atoms with Crippen LogP contribution in [0.3, 0.4) is 0 Å². The molecule has 136 valence electrons. The van der Waals surface area contributed by atoms with Gasteiger partial charge in [-0.25, -0.2) is 13.5 Å². The maximum atomic E-state index is 15.0. The summed E-state index contributed by atoms with van der Waals surface area (Å²) in [5.41, 5.74) is 5.73. The van der Waals surface area contributed by atoms with Gasteiger partial charge in [-0.15, -0.1) is 0 Å². The van der Waals surface area contributed by atoms with Gasteiger partial charge in [-0.1, -0.05) is 12.1 Å². The Hall–Kier alpha value is -2.35. The van der Waals surface area contributed by atoms with Gasteiger partial charge in [0.2, 0.25) is 0 Å². The molecule has 0 radical (unpaired) electrons. The number of nitrogens with zero attached hydrogens (tertiary/aromatic N) is 2. The number of piperidine rings is 1. The summed E-state index contributed by atoms with van der Waals surface area (Å²) in [5.74, 6) is -0.600. The van der Waals surface area contributed by atoms with Crippen LogP contribution in [0.1, 0.15) is 30.2 Å². The van der Waals surface area contributed by atoms with Gasteiger partial charge in [0.1, 0.15) is 23.2 Å². The van der Waals surface area contributed by atoms with Gasteiger partial charge in [-0.3, -0.25) is 0 Å². The lowest BCUT2D eigenvalue weighted by atomic mass is 9.88. The number of benzene rings is 2. The van der Waals surface area contributed by atoms with E-state index in [-0.39, 0.29) is 5.56 Å². The second-order valence-corrected chi connectivity index (χ2v) is 6.71. The Labute approximate surface area is 149 Å². The van der Waals surface area contributed by atoms with E-state index in [0.717, 1.165) is 18.7 Å². The number of halogens is 2. The SMILES string of the molecule is NC(O)c1c(F)ccc2cn(-c3ccc([C@@]4(F)CCCNC4)cc3)nc12. The highest BCUT2D eigenvalue weighted by molar-refractivity contribution is 5.82. The van der Waals surface area contributed by atoms with Crippen LogP contribution in [0.2, 0.25) is 0 Å². The standard InChI is InChI=1S/C19H20F2N4O/c20-15-7-2-12-10-25(24-17(12)16(15)18(22)26)14-5-3-13(4-6-14)19(21)8-1-9-23-11-19/h2-7,10,18,23,26H,1,8-9,11,22H2/t18?,19-/m1/s1. The van der Waals surface area contributed by atoms with Crippen LogP contribution in [0.4, 0.5) is 8.78 Å². The molecule has 4 rings (SSSR count). The van der Waals surface area contributed by atoms with E-state index in [1.807, 2.05) is 0 Å². The van der Waals surface area contributed by atoms with Crippen LogP contribution in [0.15, 0.2) is 42.6 Å². The second-order valence-electron chi connectivity index (χ2n) is 6.71. The Kier molecular flexibility index (Phi) is 4.22. The van der Waals surface area contributed by atoms with Crippen molar-refractivity contribution in [3.63, 3.8) is 0 Å². The number of rotatable bonds is 3. The minimum atomic E-state index is -1.45.